The minimum absolute atomic E-state index is 0.123. The van der Waals surface area contributed by atoms with Gasteiger partial charge < -0.3 is 14.3 Å². The predicted octanol–water partition coefficient (Wildman–Crippen LogP) is 3.48. The number of aryl methyl sites for hydroxylation is 1. The van der Waals surface area contributed by atoms with Crippen LogP contribution >= 0.6 is 0 Å². The molecule has 1 N–H and O–H groups in total. The van der Waals surface area contributed by atoms with Crippen LogP contribution in [0, 0.1) is 6.92 Å². The van der Waals surface area contributed by atoms with E-state index in [0.29, 0.717) is 11.6 Å². The summed E-state index contributed by atoms with van der Waals surface area (Å²) in [5, 5.41) is 9.00. The molecular weight excluding hydrogens is 258 g/mol. The van der Waals surface area contributed by atoms with Gasteiger partial charge in [0.25, 0.3) is 0 Å². The molecule has 1 heterocycles. The van der Waals surface area contributed by atoms with Crippen molar-refractivity contribution in [3.8, 4) is 17.2 Å². The molecule has 1 aromatic carbocycles. The molecule has 0 saturated carbocycles. The lowest BCUT2D eigenvalue weighted by molar-refractivity contribution is 0.0662. The summed E-state index contributed by atoms with van der Waals surface area (Å²) in [6, 6.07) is 5.56. The molecule has 5 nitrogen and oxygen atoms in total. The lowest BCUT2D eigenvalue weighted by Gasteiger charge is -2.12. The van der Waals surface area contributed by atoms with Gasteiger partial charge in [0.2, 0.25) is 11.7 Å². The molecule has 20 heavy (non-hydrogen) atoms. The summed E-state index contributed by atoms with van der Waals surface area (Å²) >= 11 is 0. The number of methoxy groups -OCH3 is 1. The quantitative estimate of drug-likeness (QED) is 0.924. The summed E-state index contributed by atoms with van der Waals surface area (Å²) < 4.78 is 10.6. The molecule has 5 heteroatoms. The van der Waals surface area contributed by atoms with Crippen molar-refractivity contribution in [2.45, 2.75) is 26.7 Å². The molecule has 0 radical (unpaired) electrons. The Kier molecular flexibility index (Phi) is 3.79. The van der Waals surface area contributed by atoms with E-state index in [1.165, 1.54) is 0 Å². The van der Waals surface area contributed by atoms with Gasteiger partial charge in [-0.15, -0.1) is 0 Å². The molecule has 1 aromatic heterocycles. The highest BCUT2D eigenvalue weighted by Crippen LogP contribution is 2.31. The number of aromatic carboxylic acids is 1. The number of nitrogens with zero attached hydrogens (tertiary/aromatic N) is 1. The Balaban J connectivity index is 2.50. The Morgan fingerprint density at radius 1 is 1.40 bits per heavy atom. The lowest BCUT2D eigenvalue weighted by Crippen LogP contribution is -1.95. The monoisotopic (exact) mass is 275 g/mol. The van der Waals surface area contributed by atoms with E-state index in [0.717, 1.165) is 16.9 Å². The van der Waals surface area contributed by atoms with Crippen molar-refractivity contribution in [3.63, 3.8) is 0 Å². The van der Waals surface area contributed by atoms with Crippen molar-refractivity contribution < 1.29 is 19.1 Å². The summed E-state index contributed by atoms with van der Waals surface area (Å²) in [5.41, 5.74) is 2.14. The van der Waals surface area contributed by atoms with E-state index in [-0.39, 0.29) is 11.7 Å². The highest BCUT2D eigenvalue weighted by molar-refractivity contribution is 5.86. The van der Waals surface area contributed by atoms with Crippen LogP contribution in [0.3, 0.4) is 0 Å². The molecule has 0 aliphatic heterocycles. The van der Waals surface area contributed by atoms with Gasteiger partial charge in [0.15, 0.2) is 0 Å². The lowest BCUT2D eigenvalue weighted by atomic mass is 9.99. The van der Waals surface area contributed by atoms with Crippen molar-refractivity contribution in [2.75, 3.05) is 7.11 Å². The first-order valence-corrected chi connectivity index (χ1v) is 6.33. The van der Waals surface area contributed by atoms with Crippen LogP contribution < -0.4 is 4.74 Å². The van der Waals surface area contributed by atoms with E-state index in [1.54, 1.807) is 14.0 Å². The van der Waals surface area contributed by atoms with Crippen LogP contribution in [0.25, 0.3) is 11.5 Å². The van der Waals surface area contributed by atoms with Crippen LogP contribution in [0.5, 0.6) is 5.75 Å². The van der Waals surface area contributed by atoms with Crippen LogP contribution in [-0.2, 0) is 0 Å². The summed E-state index contributed by atoms with van der Waals surface area (Å²) in [4.78, 5) is 15.2. The van der Waals surface area contributed by atoms with Gasteiger partial charge in [0, 0.05) is 5.56 Å². The first kappa shape index (κ1) is 14.1. The van der Waals surface area contributed by atoms with Gasteiger partial charge in [-0.25, -0.2) is 9.78 Å². The number of carbonyl (C=O) groups is 1. The molecule has 0 saturated heterocycles. The van der Waals surface area contributed by atoms with Crippen LogP contribution in [-0.4, -0.2) is 23.2 Å². The zero-order valence-corrected chi connectivity index (χ0v) is 11.9. The molecule has 2 rings (SSSR count). The molecule has 0 amide bonds. The van der Waals surface area contributed by atoms with Crippen LogP contribution in [0.1, 0.15) is 41.6 Å². The van der Waals surface area contributed by atoms with Gasteiger partial charge in [-0.3, -0.25) is 0 Å². The summed E-state index contributed by atoms with van der Waals surface area (Å²) in [6.07, 6.45) is 0. The van der Waals surface area contributed by atoms with Crippen LogP contribution in [0.4, 0.5) is 0 Å². The maximum Gasteiger partial charge on any atom is 0.373 e. The second-order valence-corrected chi connectivity index (χ2v) is 4.85. The molecule has 0 bridgehead atoms. The smallest absolute Gasteiger partial charge is 0.373 e. The summed E-state index contributed by atoms with van der Waals surface area (Å²) in [6.45, 7) is 5.74. The second kappa shape index (κ2) is 5.36. The molecule has 0 atom stereocenters. The standard InChI is InChI=1S/C15H17NO4/c1-8(2)11-7-10(5-6-12(11)19-4)14-16-9(3)13(20-14)15(17)18/h5-8H,1-4H3,(H,17,18). The van der Waals surface area contributed by atoms with Gasteiger partial charge >= 0.3 is 5.97 Å². The molecular formula is C15H17NO4. The van der Waals surface area contributed by atoms with Crippen molar-refractivity contribution >= 4 is 5.97 Å². The van der Waals surface area contributed by atoms with Gasteiger partial charge in [0.1, 0.15) is 5.75 Å². The zero-order valence-electron chi connectivity index (χ0n) is 11.9. The van der Waals surface area contributed by atoms with E-state index in [2.05, 4.69) is 18.8 Å². The Bertz CT molecular complexity index is 643. The van der Waals surface area contributed by atoms with Gasteiger partial charge in [-0.2, -0.15) is 0 Å². The van der Waals surface area contributed by atoms with E-state index >= 15 is 0 Å². The largest absolute Gasteiger partial charge is 0.496 e. The number of hydrogen-bond donors (Lipinski definition) is 1. The van der Waals surface area contributed by atoms with Gasteiger partial charge in [-0.05, 0) is 36.6 Å². The van der Waals surface area contributed by atoms with E-state index in [9.17, 15) is 4.79 Å². The van der Waals surface area contributed by atoms with Crippen LogP contribution in [0.2, 0.25) is 0 Å². The second-order valence-electron chi connectivity index (χ2n) is 4.85. The number of benzene rings is 1. The molecule has 2 aromatic rings. The molecule has 0 aliphatic carbocycles. The first-order valence-electron chi connectivity index (χ1n) is 6.33. The number of carboxylic acid groups (broad SMARTS) is 1. The predicted molar refractivity (Wildman–Crippen MR) is 74.3 cm³/mol. The Hall–Kier alpha value is -2.30. The first-order chi connectivity index (χ1) is 9.43. The third kappa shape index (κ3) is 2.52. The Labute approximate surface area is 117 Å². The fraction of sp³-hybridized carbons (Fsp3) is 0.333. The third-order valence-electron chi connectivity index (χ3n) is 3.09. The maximum atomic E-state index is 11.0. The van der Waals surface area contributed by atoms with E-state index in [4.69, 9.17) is 14.3 Å². The molecule has 0 aliphatic rings. The molecule has 0 fully saturated rings. The minimum Gasteiger partial charge on any atom is -0.496 e. The third-order valence-corrected chi connectivity index (χ3v) is 3.09. The van der Waals surface area contributed by atoms with Gasteiger partial charge in [-0.1, -0.05) is 13.8 Å². The van der Waals surface area contributed by atoms with E-state index < -0.39 is 5.97 Å². The van der Waals surface area contributed by atoms with Crippen molar-refractivity contribution in [1.82, 2.24) is 4.98 Å². The number of hydrogen-bond acceptors (Lipinski definition) is 4. The minimum atomic E-state index is -1.11. The van der Waals surface area contributed by atoms with Gasteiger partial charge in [0.05, 0.1) is 12.8 Å². The fourth-order valence-electron chi connectivity index (χ4n) is 2.04. The van der Waals surface area contributed by atoms with Crippen molar-refractivity contribution in [3.05, 3.63) is 35.2 Å². The fourth-order valence-corrected chi connectivity index (χ4v) is 2.04. The van der Waals surface area contributed by atoms with Crippen molar-refractivity contribution in [1.29, 1.82) is 0 Å². The van der Waals surface area contributed by atoms with Crippen molar-refractivity contribution in [2.24, 2.45) is 0 Å². The number of ether oxygens (including phenoxy) is 1. The normalized spacial score (nSPS) is 10.8. The SMILES string of the molecule is COc1ccc(-c2nc(C)c(C(=O)O)o2)cc1C(C)C. The molecule has 0 spiro atoms. The number of aromatic nitrogens is 1. The highest BCUT2D eigenvalue weighted by Gasteiger charge is 2.18. The number of carboxylic acids is 1. The maximum absolute atomic E-state index is 11.0. The Morgan fingerprint density at radius 2 is 2.10 bits per heavy atom. The van der Waals surface area contributed by atoms with Crippen LogP contribution in [0.15, 0.2) is 22.6 Å². The Morgan fingerprint density at radius 3 is 2.60 bits per heavy atom. The molecule has 106 valence electrons. The number of oxazole rings is 1. The number of rotatable bonds is 4. The zero-order chi connectivity index (χ0) is 14.9. The topological polar surface area (TPSA) is 72.6 Å². The summed E-state index contributed by atoms with van der Waals surface area (Å²) in [5.74, 6) is 0.149. The molecule has 0 unspecified atom stereocenters. The highest BCUT2D eigenvalue weighted by atomic mass is 16.5. The van der Waals surface area contributed by atoms with E-state index in [1.807, 2.05) is 18.2 Å². The average molecular weight is 275 g/mol. The summed E-state index contributed by atoms with van der Waals surface area (Å²) in [7, 11) is 1.62. The average Bonchev–Trinajstić information content (AvgIpc) is 2.80.